The summed E-state index contributed by atoms with van der Waals surface area (Å²) in [6, 6.07) is 0. The van der Waals surface area contributed by atoms with Gasteiger partial charge in [-0.15, -0.1) is 0 Å². The predicted octanol–water partition coefficient (Wildman–Crippen LogP) is 5.33. The molecule has 0 rings (SSSR count). The summed E-state index contributed by atoms with van der Waals surface area (Å²) >= 11 is 0. The van der Waals surface area contributed by atoms with E-state index in [-0.39, 0.29) is 0 Å². The molecule has 0 amide bonds. The van der Waals surface area contributed by atoms with Gasteiger partial charge in [0, 0.05) is 0 Å². The molecule has 20 heavy (non-hydrogen) atoms. The van der Waals surface area contributed by atoms with E-state index in [1.54, 1.807) is 0 Å². The first-order chi connectivity index (χ1) is 8.93. The van der Waals surface area contributed by atoms with Crippen molar-refractivity contribution in [2.75, 3.05) is 0 Å². The van der Waals surface area contributed by atoms with Gasteiger partial charge in [-0.3, -0.25) is 0 Å². The van der Waals surface area contributed by atoms with Gasteiger partial charge in [-0.05, 0) is 0 Å². The summed E-state index contributed by atoms with van der Waals surface area (Å²) in [5, 5.41) is 0. The van der Waals surface area contributed by atoms with Gasteiger partial charge >= 0.3 is 12.2 Å². The Labute approximate surface area is 103 Å². The summed E-state index contributed by atoms with van der Waals surface area (Å²) in [5.41, 5.74) is 0. The number of hydrogen-bond donors (Lipinski definition) is 0. The minimum atomic E-state index is -3.75. The quantitative estimate of drug-likeness (QED) is 0.612. The van der Waals surface area contributed by atoms with Gasteiger partial charge in [-0.1, -0.05) is 0 Å². The SMILES string of the molecule is FC(F)=C(F)C(F)C(F)F.FC(F)=C(F)C(F)C(F)F. The molecule has 0 saturated heterocycles. The second-order valence-electron chi connectivity index (χ2n) is 2.69. The summed E-state index contributed by atoms with van der Waals surface area (Å²) in [6.45, 7) is 0. The van der Waals surface area contributed by atoms with E-state index in [2.05, 4.69) is 0 Å². The highest BCUT2D eigenvalue weighted by atomic mass is 19.3. The molecule has 0 spiro atoms. The average molecular weight is 328 g/mol. The zero-order chi connectivity index (χ0) is 16.6. The fourth-order valence-corrected chi connectivity index (χ4v) is 0.430. The predicted molar refractivity (Wildman–Crippen MR) is 42.5 cm³/mol. The van der Waals surface area contributed by atoms with Gasteiger partial charge in [0.2, 0.25) is 24.0 Å². The van der Waals surface area contributed by atoms with Crippen LogP contribution in [0.2, 0.25) is 0 Å². The van der Waals surface area contributed by atoms with E-state index in [1.807, 2.05) is 0 Å². The van der Waals surface area contributed by atoms with E-state index in [4.69, 9.17) is 0 Å². The maximum Gasteiger partial charge on any atom is 0.304 e. The van der Waals surface area contributed by atoms with Crippen molar-refractivity contribution in [1.82, 2.24) is 0 Å². The lowest BCUT2D eigenvalue weighted by molar-refractivity contribution is 0.0531. The van der Waals surface area contributed by atoms with Crippen molar-refractivity contribution in [1.29, 1.82) is 0 Å². The minimum absolute atomic E-state index is 2.70. The number of hydrogen-bond acceptors (Lipinski definition) is 0. The van der Waals surface area contributed by atoms with Gasteiger partial charge in [0.05, 0.1) is 0 Å². The molecule has 0 aliphatic heterocycles. The number of allylic oxidation sites excluding steroid dienone is 2. The molecule has 12 heteroatoms. The van der Waals surface area contributed by atoms with Gasteiger partial charge in [0.15, 0.2) is 0 Å². The van der Waals surface area contributed by atoms with Gasteiger partial charge in [-0.2, -0.15) is 17.6 Å². The van der Waals surface area contributed by atoms with Crippen LogP contribution in [0.15, 0.2) is 23.8 Å². The highest BCUT2D eigenvalue weighted by Gasteiger charge is 2.28. The second-order valence-corrected chi connectivity index (χ2v) is 2.69. The summed E-state index contributed by atoms with van der Waals surface area (Å²) in [5.74, 6) is -5.40. The first-order valence-corrected chi connectivity index (χ1v) is 4.19. The second kappa shape index (κ2) is 9.53. The van der Waals surface area contributed by atoms with E-state index in [0.717, 1.165) is 0 Å². The lowest BCUT2D eigenvalue weighted by Gasteiger charge is -2.00. The molecule has 0 aromatic carbocycles. The summed E-state index contributed by atoms with van der Waals surface area (Å²) in [4.78, 5) is 0. The van der Waals surface area contributed by atoms with E-state index in [0.29, 0.717) is 0 Å². The maximum atomic E-state index is 11.5. The molecule has 0 aliphatic carbocycles. The molecule has 0 aromatic rings. The third kappa shape index (κ3) is 7.94. The van der Waals surface area contributed by atoms with Crippen LogP contribution in [0.5, 0.6) is 0 Å². The van der Waals surface area contributed by atoms with Crippen LogP contribution in [-0.2, 0) is 0 Å². The van der Waals surface area contributed by atoms with Gasteiger partial charge in [0.1, 0.15) is 0 Å². The molecule has 0 nitrogen and oxygen atoms in total. The first kappa shape index (κ1) is 20.9. The Morgan fingerprint density at radius 2 is 0.650 bits per heavy atom. The molecule has 0 radical (unpaired) electrons. The lowest BCUT2D eigenvalue weighted by atomic mass is 10.4. The van der Waals surface area contributed by atoms with E-state index >= 15 is 0 Å². The molecule has 0 aliphatic rings. The van der Waals surface area contributed by atoms with Crippen molar-refractivity contribution in [3.05, 3.63) is 23.8 Å². The Balaban J connectivity index is 0. The summed E-state index contributed by atoms with van der Waals surface area (Å²) in [7, 11) is 0. The molecule has 2 atom stereocenters. The largest absolute Gasteiger partial charge is 0.304 e. The van der Waals surface area contributed by atoms with E-state index in [1.165, 1.54) is 0 Å². The highest BCUT2D eigenvalue weighted by molar-refractivity contribution is 5.00. The zero-order valence-corrected chi connectivity index (χ0v) is 8.84. The minimum Gasteiger partial charge on any atom is -0.233 e. The molecule has 120 valence electrons. The molecular weight excluding hydrogens is 324 g/mol. The van der Waals surface area contributed by atoms with Gasteiger partial charge < -0.3 is 0 Å². The Bertz CT molecular complexity index is 303. The molecule has 0 heterocycles. The molecule has 0 bridgehead atoms. The van der Waals surface area contributed by atoms with Gasteiger partial charge in [0.25, 0.3) is 12.9 Å². The Kier molecular flexibility index (Phi) is 9.98. The standard InChI is InChI=1S/2C4H2F6/c2*5-1(3(7)8)2(6)4(9)10/h2*1,3H. The molecular formula is C8H4F12. The van der Waals surface area contributed by atoms with Crippen molar-refractivity contribution in [2.45, 2.75) is 25.2 Å². The third-order valence-corrected chi connectivity index (χ3v) is 1.29. The monoisotopic (exact) mass is 328 g/mol. The Hall–Kier alpha value is -1.36. The Morgan fingerprint density at radius 1 is 0.450 bits per heavy atom. The molecule has 0 N–H and O–H groups in total. The average Bonchev–Trinajstić information content (AvgIpc) is 2.35. The summed E-state index contributed by atoms with van der Waals surface area (Å²) < 4.78 is 134. The van der Waals surface area contributed by atoms with Crippen molar-refractivity contribution < 1.29 is 52.7 Å². The topological polar surface area (TPSA) is 0 Å². The third-order valence-electron chi connectivity index (χ3n) is 1.29. The van der Waals surface area contributed by atoms with Crippen LogP contribution < -0.4 is 0 Å². The van der Waals surface area contributed by atoms with Crippen LogP contribution in [0.1, 0.15) is 0 Å². The van der Waals surface area contributed by atoms with Crippen LogP contribution in [-0.4, -0.2) is 25.2 Å². The van der Waals surface area contributed by atoms with Crippen molar-refractivity contribution in [3.63, 3.8) is 0 Å². The Morgan fingerprint density at radius 3 is 0.700 bits per heavy atom. The van der Waals surface area contributed by atoms with Crippen LogP contribution in [0, 0.1) is 0 Å². The normalized spacial score (nSPS) is 13.5. The van der Waals surface area contributed by atoms with E-state index in [9.17, 15) is 52.7 Å². The number of halogens is 12. The molecule has 0 saturated carbocycles. The van der Waals surface area contributed by atoms with Crippen molar-refractivity contribution >= 4 is 0 Å². The zero-order valence-electron chi connectivity index (χ0n) is 8.84. The highest BCUT2D eigenvalue weighted by Crippen LogP contribution is 2.21. The smallest absolute Gasteiger partial charge is 0.233 e. The van der Waals surface area contributed by atoms with Crippen molar-refractivity contribution in [2.24, 2.45) is 0 Å². The fourth-order valence-electron chi connectivity index (χ4n) is 0.430. The van der Waals surface area contributed by atoms with Crippen molar-refractivity contribution in [3.8, 4) is 0 Å². The van der Waals surface area contributed by atoms with Crippen LogP contribution in [0.3, 0.4) is 0 Å². The summed E-state index contributed by atoms with van der Waals surface area (Å²) in [6.07, 6.45) is -20.6. The van der Waals surface area contributed by atoms with Crippen LogP contribution in [0.4, 0.5) is 52.7 Å². The lowest BCUT2D eigenvalue weighted by Crippen LogP contribution is -2.12. The molecule has 0 fully saturated rings. The van der Waals surface area contributed by atoms with Gasteiger partial charge in [-0.25, -0.2) is 35.1 Å². The molecule has 0 aromatic heterocycles. The molecule has 2 unspecified atom stereocenters. The first-order valence-electron chi connectivity index (χ1n) is 4.19. The van der Waals surface area contributed by atoms with E-state index < -0.39 is 49.0 Å². The number of rotatable bonds is 4. The fraction of sp³-hybridized carbons (Fsp3) is 0.500. The van der Waals surface area contributed by atoms with Crippen LogP contribution >= 0.6 is 0 Å². The van der Waals surface area contributed by atoms with Crippen LogP contribution in [0.25, 0.3) is 0 Å². The maximum absolute atomic E-state index is 11.5. The number of alkyl halides is 6.